The highest BCUT2D eigenvalue weighted by Crippen LogP contribution is 2.20. The lowest BCUT2D eigenvalue weighted by molar-refractivity contribution is 0.181. The second kappa shape index (κ2) is 6.16. The molecule has 0 bridgehead atoms. The van der Waals surface area contributed by atoms with Crippen molar-refractivity contribution >= 4 is 5.69 Å². The summed E-state index contributed by atoms with van der Waals surface area (Å²) in [5.41, 5.74) is 7.11. The van der Waals surface area contributed by atoms with Crippen LogP contribution in [0.15, 0.2) is 24.3 Å². The van der Waals surface area contributed by atoms with Gasteiger partial charge in [0.25, 0.3) is 0 Å². The monoisotopic (exact) mass is 252 g/mol. The predicted octanol–water partition coefficient (Wildman–Crippen LogP) is 2.02. The van der Waals surface area contributed by atoms with Gasteiger partial charge in [-0.15, -0.1) is 0 Å². The molecule has 0 radical (unpaired) electrons. The Balaban J connectivity index is 2.00. The number of rotatable bonds is 5. The predicted molar refractivity (Wildman–Crippen MR) is 71.2 cm³/mol. The first kappa shape index (κ1) is 13.3. The Morgan fingerprint density at radius 1 is 1.56 bits per heavy atom. The fourth-order valence-corrected chi connectivity index (χ4v) is 2.38. The molecule has 2 N–H and O–H groups in total. The minimum atomic E-state index is -0.205. The summed E-state index contributed by atoms with van der Waals surface area (Å²) in [5, 5.41) is 0. The van der Waals surface area contributed by atoms with Gasteiger partial charge < -0.3 is 15.4 Å². The van der Waals surface area contributed by atoms with Crippen LogP contribution in [0.25, 0.3) is 0 Å². The molecule has 2 rings (SSSR count). The number of nitrogens with zero attached hydrogens (tertiary/aromatic N) is 1. The third kappa shape index (κ3) is 3.21. The van der Waals surface area contributed by atoms with E-state index in [2.05, 4.69) is 11.8 Å². The Kier molecular flexibility index (Phi) is 4.55. The summed E-state index contributed by atoms with van der Waals surface area (Å²) in [5.74, 6) is 0.219. The Hall–Kier alpha value is -1.13. The van der Waals surface area contributed by atoms with Crippen LogP contribution in [0.1, 0.15) is 13.3 Å². The van der Waals surface area contributed by atoms with E-state index in [0.717, 1.165) is 38.4 Å². The first-order chi connectivity index (χ1) is 8.70. The van der Waals surface area contributed by atoms with Crippen LogP contribution in [0, 0.1) is 11.7 Å². The lowest BCUT2D eigenvalue weighted by Crippen LogP contribution is -2.42. The van der Waals surface area contributed by atoms with Crippen LogP contribution in [-0.2, 0) is 4.74 Å². The molecule has 1 saturated heterocycles. The summed E-state index contributed by atoms with van der Waals surface area (Å²) in [7, 11) is 0. The molecule has 1 aromatic rings. The summed E-state index contributed by atoms with van der Waals surface area (Å²) in [4.78, 5) is 2.12. The molecule has 0 aromatic heterocycles. The van der Waals surface area contributed by atoms with Crippen LogP contribution in [0.4, 0.5) is 10.1 Å². The smallest absolute Gasteiger partial charge is 0.125 e. The van der Waals surface area contributed by atoms with E-state index in [1.165, 1.54) is 6.07 Å². The van der Waals surface area contributed by atoms with Crippen LogP contribution in [0.2, 0.25) is 0 Å². The van der Waals surface area contributed by atoms with Gasteiger partial charge in [-0.2, -0.15) is 0 Å². The first-order valence-electron chi connectivity index (χ1n) is 6.54. The van der Waals surface area contributed by atoms with Crippen LogP contribution in [0.5, 0.6) is 0 Å². The van der Waals surface area contributed by atoms with Gasteiger partial charge >= 0.3 is 0 Å². The fraction of sp³-hybridized carbons (Fsp3) is 0.571. The SMILES string of the molecule is CCN(CC(N)C1CCOC1)c1cccc(F)c1. The minimum absolute atomic E-state index is 0.0794. The average Bonchev–Trinajstić information content (AvgIpc) is 2.89. The maximum atomic E-state index is 13.2. The van der Waals surface area contributed by atoms with Crippen LogP contribution in [0.3, 0.4) is 0 Å². The standard InChI is InChI=1S/C14H21FN2O/c1-2-17(13-5-3-4-12(15)8-13)9-14(16)11-6-7-18-10-11/h3-5,8,11,14H,2,6-7,9-10,16H2,1H3. The van der Waals surface area contributed by atoms with E-state index >= 15 is 0 Å². The van der Waals surface area contributed by atoms with Crippen LogP contribution in [-0.4, -0.2) is 32.3 Å². The van der Waals surface area contributed by atoms with E-state index in [0.29, 0.717) is 5.92 Å². The van der Waals surface area contributed by atoms with E-state index in [1.54, 1.807) is 12.1 Å². The molecule has 100 valence electrons. The minimum Gasteiger partial charge on any atom is -0.381 e. The third-order valence-electron chi connectivity index (χ3n) is 3.56. The van der Waals surface area contributed by atoms with Gasteiger partial charge in [0, 0.05) is 37.3 Å². The molecule has 1 fully saturated rings. The van der Waals surface area contributed by atoms with Crippen molar-refractivity contribution in [1.82, 2.24) is 0 Å². The van der Waals surface area contributed by atoms with Gasteiger partial charge in [0.05, 0.1) is 6.61 Å². The quantitative estimate of drug-likeness (QED) is 0.871. The highest BCUT2D eigenvalue weighted by atomic mass is 19.1. The number of halogens is 1. The van der Waals surface area contributed by atoms with Crippen LogP contribution < -0.4 is 10.6 Å². The Bertz CT molecular complexity index is 380. The molecular formula is C14H21FN2O. The molecule has 4 heteroatoms. The third-order valence-corrected chi connectivity index (χ3v) is 3.56. The molecule has 2 unspecified atom stereocenters. The molecule has 0 saturated carbocycles. The fourth-order valence-electron chi connectivity index (χ4n) is 2.38. The molecule has 0 amide bonds. The lowest BCUT2D eigenvalue weighted by Gasteiger charge is -2.28. The van der Waals surface area contributed by atoms with E-state index in [4.69, 9.17) is 10.5 Å². The van der Waals surface area contributed by atoms with E-state index < -0.39 is 0 Å². The van der Waals surface area contributed by atoms with E-state index in [1.807, 2.05) is 6.07 Å². The molecule has 18 heavy (non-hydrogen) atoms. The van der Waals surface area contributed by atoms with Gasteiger partial charge in [-0.05, 0) is 31.5 Å². The number of ether oxygens (including phenoxy) is 1. The number of hydrogen-bond acceptors (Lipinski definition) is 3. The number of hydrogen-bond donors (Lipinski definition) is 1. The van der Waals surface area contributed by atoms with Crippen molar-refractivity contribution < 1.29 is 9.13 Å². The number of likely N-dealkylation sites (N-methyl/N-ethyl adjacent to an activating group) is 1. The van der Waals surface area contributed by atoms with Crippen molar-refractivity contribution in [2.75, 3.05) is 31.2 Å². The summed E-state index contributed by atoms with van der Waals surface area (Å²) in [6.07, 6.45) is 1.03. The van der Waals surface area contributed by atoms with Crippen molar-refractivity contribution in [1.29, 1.82) is 0 Å². The maximum absolute atomic E-state index is 13.2. The van der Waals surface area contributed by atoms with E-state index in [9.17, 15) is 4.39 Å². The highest BCUT2D eigenvalue weighted by molar-refractivity contribution is 5.46. The van der Waals surface area contributed by atoms with Crippen molar-refractivity contribution in [2.24, 2.45) is 11.7 Å². The van der Waals surface area contributed by atoms with Gasteiger partial charge in [-0.1, -0.05) is 6.07 Å². The van der Waals surface area contributed by atoms with Crippen LogP contribution >= 0.6 is 0 Å². The second-order valence-corrected chi connectivity index (χ2v) is 4.81. The lowest BCUT2D eigenvalue weighted by atomic mass is 9.99. The second-order valence-electron chi connectivity index (χ2n) is 4.81. The molecule has 1 aliphatic rings. The summed E-state index contributed by atoms with van der Waals surface area (Å²) < 4.78 is 18.6. The zero-order chi connectivity index (χ0) is 13.0. The molecule has 0 aliphatic carbocycles. The Morgan fingerprint density at radius 3 is 3.00 bits per heavy atom. The van der Waals surface area contributed by atoms with Gasteiger partial charge in [0.15, 0.2) is 0 Å². The molecule has 1 aliphatic heterocycles. The zero-order valence-electron chi connectivity index (χ0n) is 10.8. The number of nitrogens with two attached hydrogens (primary N) is 1. The number of anilines is 1. The van der Waals surface area contributed by atoms with Crippen molar-refractivity contribution in [3.8, 4) is 0 Å². The van der Waals surface area contributed by atoms with Gasteiger partial charge in [0.1, 0.15) is 5.82 Å². The Labute approximate surface area is 108 Å². The summed E-state index contributed by atoms with van der Waals surface area (Å²) in [6, 6.07) is 6.75. The average molecular weight is 252 g/mol. The molecule has 1 aromatic carbocycles. The maximum Gasteiger partial charge on any atom is 0.125 e. The largest absolute Gasteiger partial charge is 0.381 e. The van der Waals surface area contributed by atoms with Crippen molar-refractivity contribution in [3.63, 3.8) is 0 Å². The molecule has 1 heterocycles. The highest BCUT2D eigenvalue weighted by Gasteiger charge is 2.24. The van der Waals surface area contributed by atoms with Gasteiger partial charge in [-0.3, -0.25) is 0 Å². The number of benzene rings is 1. The molecular weight excluding hydrogens is 231 g/mol. The molecule has 2 atom stereocenters. The van der Waals surface area contributed by atoms with Gasteiger partial charge in [-0.25, -0.2) is 4.39 Å². The van der Waals surface area contributed by atoms with Crippen molar-refractivity contribution in [2.45, 2.75) is 19.4 Å². The van der Waals surface area contributed by atoms with Crippen molar-refractivity contribution in [3.05, 3.63) is 30.1 Å². The normalized spacial score (nSPS) is 20.9. The molecule has 3 nitrogen and oxygen atoms in total. The Morgan fingerprint density at radius 2 is 2.39 bits per heavy atom. The van der Waals surface area contributed by atoms with Gasteiger partial charge in [0.2, 0.25) is 0 Å². The topological polar surface area (TPSA) is 38.5 Å². The first-order valence-corrected chi connectivity index (χ1v) is 6.54. The zero-order valence-corrected chi connectivity index (χ0v) is 10.8. The summed E-state index contributed by atoms with van der Waals surface area (Å²) in [6.45, 7) is 5.19. The summed E-state index contributed by atoms with van der Waals surface area (Å²) >= 11 is 0. The molecule has 0 spiro atoms. The van der Waals surface area contributed by atoms with E-state index in [-0.39, 0.29) is 11.9 Å².